The Kier molecular flexibility index (Phi) is 3.66. The van der Waals surface area contributed by atoms with E-state index in [1.807, 2.05) is 6.92 Å². The van der Waals surface area contributed by atoms with Gasteiger partial charge in [0, 0.05) is 18.1 Å². The molecule has 4 bridgehead atoms. The van der Waals surface area contributed by atoms with Gasteiger partial charge in [-0.15, -0.1) is 0 Å². The number of carbonyl (C=O) groups excluding carboxylic acids is 1. The Morgan fingerprint density at radius 3 is 2.43 bits per heavy atom. The third kappa shape index (κ3) is 3.01. The van der Waals surface area contributed by atoms with Crippen molar-refractivity contribution in [2.45, 2.75) is 51.9 Å². The number of aromatic nitrogens is 2. The summed E-state index contributed by atoms with van der Waals surface area (Å²) in [5.74, 6) is 2.55. The molecule has 1 aromatic heterocycles. The summed E-state index contributed by atoms with van der Waals surface area (Å²) in [4.78, 5) is 19.9. The smallest absolute Gasteiger partial charge is 0.265 e. The molecule has 4 saturated carbocycles. The van der Waals surface area contributed by atoms with Crippen molar-refractivity contribution in [2.24, 2.45) is 28.3 Å². The predicted molar refractivity (Wildman–Crippen MR) is 87.8 cm³/mol. The number of nitrogens with one attached hydrogen (secondary N) is 1. The summed E-state index contributed by atoms with van der Waals surface area (Å²) in [5.41, 5.74) is 4.42. The largest absolute Gasteiger partial charge is 0.291 e. The van der Waals surface area contributed by atoms with Gasteiger partial charge in [0.05, 0.1) is 6.20 Å². The zero-order valence-electron chi connectivity index (χ0n) is 13.7. The lowest BCUT2D eigenvalue weighted by Crippen LogP contribution is -2.46. The summed E-state index contributed by atoms with van der Waals surface area (Å²) in [6.45, 7) is 2.04. The minimum Gasteiger partial charge on any atom is -0.265 e. The SMILES string of the molecule is C/C(CC12CC3CC(CC(C3)C1)C2)=N\NC(=O)c1cnccn1. The van der Waals surface area contributed by atoms with Crippen LogP contribution in [-0.4, -0.2) is 21.6 Å². The van der Waals surface area contributed by atoms with Gasteiger partial charge in [-0.3, -0.25) is 9.78 Å². The first-order valence-electron chi connectivity index (χ1n) is 8.71. The molecule has 1 amide bonds. The Morgan fingerprint density at radius 1 is 1.22 bits per heavy atom. The van der Waals surface area contributed by atoms with Crippen molar-refractivity contribution in [3.05, 3.63) is 24.3 Å². The molecule has 4 fully saturated rings. The van der Waals surface area contributed by atoms with Gasteiger partial charge in [0.1, 0.15) is 5.69 Å². The highest BCUT2D eigenvalue weighted by molar-refractivity contribution is 5.93. The number of rotatable bonds is 4. The predicted octanol–water partition coefficient (Wildman–Crippen LogP) is 3.19. The second kappa shape index (κ2) is 5.69. The van der Waals surface area contributed by atoms with E-state index in [0.29, 0.717) is 11.1 Å². The molecule has 1 heterocycles. The summed E-state index contributed by atoms with van der Waals surface area (Å²) < 4.78 is 0. The van der Waals surface area contributed by atoms with E-state index >= 15 is 0 Å². The fourth-order valence-electron chi connectivity index (χ4n) is 5.71. The Balaban J connectivity index is 1.40. The van der Waals surface area contributed by atoms with Crippen LogP contribution in [0.4, 0.5) is 0 Å². The van der Waals surface area contributed by atoms with E-state index in [4.69, 9.17) is 0 Å². The van der Waals surface area contributed by atoms with Gasteiger partial charge < -0.3 is 0 Å². The van der Waals surface area contributed by atoms with Gasteiger partial charge in [-0.05, 0) is 75.0 Å². The first-order valence-corrected chi connectivity index (χ1v) is 8.71. The van der Waals surface area contributed by atoms with Gasteiger partial charge in [0.25, 0.3) is 5.91 Å². The third-order valence-electron chi connectivity index (χ3n) is 5.94. The molecular weight excluding hydrogens is 288 g/mol. The molecule has 1 aromatic rings. The topological polar surface area (TPSA) is 67.2 Å². The molecule has 5 nitrogen and oxygen atoms in total. The molecule has 23 heavy (non-hydrogen) atoms. The molecule has 0 saturated heterocycles. The zero-order chi connectivity index (χ0) is 15.9. The van der Waals surface area contributed by atoms with E-state index < -0.39 is 0 Å². The van der Waals surface area contributed by atoms with Crippen LogP contribution < -0.4 is 5.43 Å². The minimum atomic E-state index is -0.289. The lowest BCUT2D eigenvalue weighted by molar-refractivity contribution is -0.0482. The second-order valence-electron chi connectivity index (χ2n) is 7.97. The van der Waals surface area contributed by atoms with Crippen LogP contribution in [0.2, 0.25) is 0 Å². The van der Waals surface area contributed by atoms with E-state index in [-0.39, 0.29) is 5.91 Å². The van der Waals surface area contributed by atoms with E-state index in [2.05, 4.69) is 20.5 Å². The number of hydrogen-bond acceptors (Lipinski definition) is 4. The fraction of sp³-hybridized carbons (Fsp3) is 0.667. The summed E-state index contributed by atoms with van der Waals surface area (Å²) >= 11 is 0. The number of hydrogen-bond donors (Lipinski definition) is 1. The van der Waals surface area contributed by atoms with Crippen LogP contribution in [0.1, 0.15) is 62.4 Å². The van der Waals surface area contributed by atoms with Gasteiger partial charge in [-0.1, -0.05) is 0 Å². The van der Waals surface area contributed by atoms with Crippen LogP contribution >= 0.6 is 0 Å². The number of nitrogens with zero attached hydrogens (tertiary/aromatic N) is 3. The average Bonchev–Trinajstić information content (AvgIpc) is 2.51. The Labute approximate surface area is 137 Å². The zero-order valence-corrected chi connectivity index (χ0v) is 13.7. The number of amides is 1. The first-order chi connectivity index (χ1) is 11.1. The van der Waals surface area contributed by atoms with E-state index in [1.54, 1.807) is 6.20 Å². The molecular formula is C18H24N4O. The molecule has 5 rings (SSSR count). The van der Waals surface area contributed by atoms with Gasteiger partial charge in [0.2, 0.25) is 0 Å². The molecule has 0 aliphatic heterocycles. The Morgan fingerprint density at radius 2 is 1.87 bits per heavy atom. The quantitative estimate of drug-likeness (QED) is 0.686. The highest BCUT2D eigenvalue weighted by atomic mass is 16.2. The van der Waals surface area contributed by atoms with Crippen molar-refractivity contribution in [1.82, 2.24) is 15.4 Å². The normalized spacial score (nSPS) is 35.3. The lowest BCUT2D eigenvalue weighted by Gasteiger charge is -2.57. The minimum absolute atomic E-state index is 0.289. The van der Waals surface area contributed by atoms with Crippen LogP contribution in [-0.2, 0) is 0 Å². The van der Waals surface area contributed by atoms with Crippen molar-refractivity contribution < 1.29 is 4.79 Å². The molecule has 4 aliphatic carbocycles. The molecule has 0 spiro atoms. The van der Waals surface area contributed by atoms with Gasteiger partial charge in [-0.2, -0.15) is 5.10 Å². The molecule has 1 N–H and O–H groups in total. The lowest BCUT2D eigenvalue weighted by atomic mass is 9.48. The van der Waals surface area contributed by atoms with E-state index in [1.165, 1.54) is 50.9 Å². The third-order valence-corrected chi connectivity index (χ3v) is 5.94. The first kappa shape index (κ1) is 14.8. The summed E-state index contributed by atoms with van der Waals surface area (Å²) in [7, 11) is 0. The van der Waals surface area contributed by atoms with Crippen molar-refractivity contribution in [3.63, 3.8) is 0 Å². The molecule has 0 radical (unpaired) electrons. The van der Waals surface area contributed by atoms with Crippen LogP contribution in [0.15, 0.2) is 23.7 Å². The monoisotopic (exact) mass is 312 g/mol. The number of hydrazone groups is 1. The standard InChI is InChI=1S/C18H24N4O/c1-12(21-22-17(23)16-11-19-2-3-20-16)7-18-8-13-4-14(9-18)6-15(5-13)10-18/h2-3,11,13-15H,4-10H2,1H3,(H,22,23)/b21-12+. The van der Waals surface area contributed by atoms with Crippen molar-refractivity contribution >= 4 is 11.6 Å². The second-order valence-corrected chi connectivity index (χ2v) is 7.97. The van der Waals surface area contributed by atoms with E-state index in [9.17, 15) is 4.79 Å². The maximum Gasteiger partial charge on any atom is 0.291 e. The summed E-state index contributed by atoms with van der Waals surface area (Å²) in [6.07, 6.45) is 14.0. The fourth-order valence-corrected chi connectivity index (χ4v) is 5.71. The van der Waals surface area contributed by atoms with Crippen molar-refractivity contribution in [1.29, 1.82) is 0 Å². The summed E-state index contributed by atoms with van der Waals surface area (Å²) in [5, 5.41) is 4.33. The van der Waals surface area contributed by atoms with Gasteiger partial charge >= 0.3 is 0 Å². The van der Waals surface area contributed by atoms with Gasteiger partial charge in [-0.25, -0.2) is 10.4 Å². The maximum absolute atomic E-state index is 12.0. The molecule has 0 aromatic carbocycles. The van der Waals surface area contributed by atoms with Crippen LogP contribution in [0, 0.1) is 23.2 Å². The van der Waals surface area contributed by atoms with Gasteiger partial charge in [0.15, 0.2) is 0 Å². The average molecular weight is 312 g/mol. The molecule has 0 atom stereocenters. The Hall–Kier alpha value is -1.78. The number of carbonyl (C=O) groups is 1. The molecule has 122 valence electrons. The van der Waals surface area contributed by atoms with Crippen molar-refractivity contribution in [3.8, 4) is 0 Å². The maximum atomic E-state index is 12.0. The molecule has 0 unspecified atom stereocenters. The highest BCUT2D eigenvalue weighted by Gasteiger charge is 2.50. The Bertz CT molecular complexity index is 590. The van der Waals surface area contributed by atoms with E-state index in [0.717, 1.165) is 29.9 Å². The van der Waals surface area contributed by atoms with Crippen LogP contribution in [0.5, 0.6) is 0 Å². The molecule has 4 aliphatic rings. The molecule has 5 heteroatoms. The van der Waals surface area contributed by atoms with Crippen LogP contribution in [0.3, 0.4) is 0 Å². The summed E-state index contributed by atoms with van der Waals surface area (Å²) in [6, 6.07) is 0. The highest BCUT2D eigenvalue weighted by Crippen LogP contribution is 2.61. The van der Waals surface area contributed by atoms with Crippen molar-refractivity contribution in [2.75, 3.05) is 0 Å². The van der Waals surface area contributed by atoms with Crippen LogP contribution in [0.25, 0.3) is 0 Å².